The third-order valence-electron chi connectivity index (χ3n) is 2.84. The highest BCUT2D eigenvalue weighted by Gasteiger charge is 2.11. The largest absolute Gasteiger partial charge is 0.484 e. The summed E-state index contributed by atoms with van der Waals surface area (Å²) in [5, 5.41) is 8.80. The number of nitriles is 1. The molecule has 0 aliphatic heterocycles. The molecule has 0 saturated heterocycles. The molecule has 4 heteroatoms. The minimum absolute atomic E-state index is 0.0692. The number of nitrogens with zero attached hydrogens (tertiary/aromatic N) is 2. The predicted molar refractivity (Wildman–Crippen MR) is 76.5 cm³/mol. The summed E-state index contributed by atoms with van der Waals surface area (Å²) >= 11 is 0. The molecule has 0 unspecified atom stereocenters. The minimum atomic E-state index is -0.154. The second-order valence-corrected chi connectivity index (χ2v) is 4.22. The average molecular weight is 266 g/mol. The van der Waals surface area contributed by atoms with Crippen molar-refractivity contribution in [3.05, 3.63) is 60.2 Å². The third kappa shape index (κ3) is 3.36. The number of carbonyl (C=O) groups excluding carboxylic acids is 1. The van der Waals surface area contributed by atoms with Gasteiger partial charge in [0.15, 0.2) is 6.61 Å². The van der Waals surface area contributed by atoms with Gasteiger partial charge in [0.05, 0.1) is 11.6 Å². The van der Waals surface area contributed by atoms with Crippen LogP contribution in [0.2, 0.25) is 0 Å². The zero-order chi connectivity index (χ0) is 14.4. The molecule has 2 aromatic rings. The Hall–Kier alpha value is -2.80. The maximum absolute atomic E-state index is 12.0. The zero-order valence-corrected chi connectivity index (χ0v) is 11.1. The highest BCUT2D eigenvalue weighted by molar-refractivity contribution is 5.93. The number of ether oxygens (including phenoxy) is 1. The zero-order valence-electron chi connectivity index (χ0n) is 11.1. The first kappa shape index (κ1) is 13.6. The van der Waals surface area contributed by atoms with E-state index in [4.69, 9.17) is 10.00 Å². The quantitative estimate of drug-likeness (QED) is 0.854. The fourth-order valence-electron chi connectivity index (χ4n) is 1.69. The van der Waals surface area contributed by atoms with E-state index in [1.165, 1.54) is 4.90 Å². The third-order valence-corrected chi connectivity index (χ3v) is 2.84. The van der Waals surface area contributed by atoms with E-state index in [2.05, 4.69) is 0 Å². The highest BCUT2D eigenvalue weighted by Crippen LogP contribution is 2.14. The summed E-state index contributed by atoms with van der Waals surface area (Å²) in [6, 6.07) is 18.1. The molecule has 0 radical (unpaired) electrons. The van der Waals surface area contributed by atoms with E-state index in [-0.39, 0.29) is 12.5 Å². The Morgan fingerprint density at radius 3 is 2.65 bits per heavy atom. The van der Waals surface area contributed by atoms with Crippen LogP contribution in [-0.2, 0) is 4.79 Å². The van der Waals surface area contributed by atoms with Crippen molar-refractivity contribution in [3.63, 3.8) is 0 Å². The fourth-order valence-corrected chi connectivity index (χ4v) is 1.69. The number of benzene rings is 2. The van der Waals surface area contributed by atoms with Gasteiger partial charge in [0.2, 0.25) is 0 Å². The number of anilines is 1. The Morgan fingerprint density at radius 2 is 1.95 bits per heavy atom. The molecule has 0 N–H and O–H groups in total. The van der Waals surface area contributed by atoms with Crippen molar-refractivity contribution in [3.8, 4) is 11.8 Å². The molecule has 4 nitrogen and oxygen atoms in total. The van der Waals surface area contributed by atoms with Crippen molar-refractivity contribution in [1.82, 2.24) is 0 Å². The fraction of sp³-hybridized carbons (Fsp3) is 0.125. The van der Waals surface area contributed by atoms with Gasteiger partial charge in [-0.2, -0.15) is 5.26 Å². The van der Waals surface area contributed by atoms with Gasteiger partial charge in [-0.15, -0.1) is 0 Å². The number of carbonyl (C=O) groups is 1. The average Bonchev–Trinajstić information content (AvgIpc) is 2.53. The number of rotatable bonds is 4. The molecule has 2 aromatic carbocycles. The van der Waals surface area contributed by atoms with Gasteiger partial charge in [0, 0.05) is 12.7 Å². The van der Waals surface area contributed by atoms with Crippen LogP contribution in [0.1, 0.15) is 5.56 Å². The molecule has 0 atom stereocenters. The summed E-state index contributed by atoms with van der Waals surface area (Å²) in [4.78, 5) is 13.5. The van der Waals surface area contributed by atoms with Crippen molar-refractivity contribution < 1.29 is 9.53 Å². The summed E-state index contributed by atoms with van der Waals surface area (Å²) in [6.45, 7) is -0.0692. The van der Waals surface area contributed by atoms with E-state index in [1.54, 1.807) is 31.3 Å². The molecule has 0 heterocycles. The van der Waals surface area contributed by atoms with Crippen LogP contribution in [0.4, 0.5) is 5.69 Å². The van der Waals surface area contributed by atoms with Crippen molar-refractivity contribution in [2.45, 2.75) is 0 Å². The molecule has 2 rings (SSSR count). The highest BCUT2D eigenvalue weighted by atomic mass is 16.5. The van der Waals surface area contributed by atoms with Gasteiger partial charge in [-0.05, 0) is 30.3 Å². The van der Waals surface area contributed by atoms with Crippen LogP contribution >= 0.6 is 0 Å². The molecule has 0 saturated carbocycles. The van der Waals surface area contributed by atoms with E-state index in [9.17, 15) is 4.79 Å². The second kappa shape index (κ2) is 6.39. The van der Waals surface area contributed by atoms with E-state index >= 15 is 0 Å². The lowest BCUT2D eigenvalue weighted by atomic mass is 10.2. The van der Waals surface area contributed by atoms with E-state index in [0.717, 1.165) is 5.69 Å². The van der Waals surface area contributed by atoms with Gasteiger partial charge in [0.1, 0.15) is 5.75 Å². The molecule has 0 aromatic heterocycles. The van der Waals surface area contributed by atoms with Gasteiger partial charge in [0.25, 0.3) is 5.91 Å². The van der Waals surface area contributed by atoms with Crippen molar-refractivity contribution >= 4 is 11.6 Å². The van der Waals surface area contributed by atoms with E-state index in [1.807, 2.05) is 36.4 Å². The molecule has 20 heavy (non-hydrogen) atoms. The van der Waals surface area contributed by atoms with Crippen molar-refractivity contribution in [2.24, 2.45) is 0 Å². The number of amides is 1. The molecule has 0 aliphatic rings. The van der Waals surface area contributed by atoms with Crippen LogP contribution in [0.25, 0.3) is 0 Å². The Balaban J connectivity index is 1.97. The summed E-state index contributed by atoms with van der Waals surface area (Å²) in [5.74, 6) is 0.359. The number of para-hydroxylation sites is 1. The second-order valence-electron chi connectivity index (χ2n) is 4.22. The molecule has 100 valence electrons. The summed E-state index contributed by atoms with van der Waals surface area (Å²) in [5.41, 5.74) is 1.32. The minimum Gasteiger partial charge on any atom is -0.484 e. The first-order valence-electron chi connectivity index (χ1n) is 6.15. The SMILES string of the molecule is CN(C(=O)COc1cccc(C#N)c1)c1ccccc1. The first-order chi connectivity index (χ1) is 9.70. The summed E-state index contributed by atoms with van der Waals surface area (Å²) in [6.07, 6.45) is 0. The van der Waals surface area contributed by atoms with Gasteiger partial charge < -0.3 is 9.64 Å². The van der Waals surface area contributed by atoms with Gasteiger partial charge in [-0.1, -0.05) is 24.3 Å². The smallest absolute Gasteiger partial charge is 0.264 e. The Kier molecular flexibility index (Phi) is 4.35. The molecule has 0 fully saturated rings. The van der Waals surface area contributed by atoms with Gasteiger partial charge in [-0.25, -0.2) is 0 Å². The lowest BCUT2D eigenvalue weighted by Gasteiger charge is -2.17. The maximum Gasteiger partial charge on any atom is 0.264 e. The summed E-state index contributed by atoms with van der Waals surface area (Å²) < 4.78 is 5.41. The molecular formula is C16H14N2O2. The van der Waals surface area contributed by atoms with Gasteiger partial charge in [-0.3, -0.25) is 4.79 Å². The Morgan fingerprint density at radius 1 is 1.20 bits per heavy atom. The molecule has 0 aliphatic carbocycles. The summed E-state index contributed by atoms with van der Waals surface area (Å²) in [7, 11) is 1.70. The van der Waals surface area contributed by atoms with Crippen molar-refractivity contribution in [2.75, 3.05) is 18.6 Å². The number of likely N-dealkylation sites (N-methyl/N-ethyl adjacent to an activating group) is 1. The lowest BCUT2D eigenvalue weighted by Crippen LogP contribution is -2.31. The van der Waals surface area contributed by atoms with Crippen LogP contribution in [0.15, 0.2) is 54.6 Å². The van der Waals surface area contributed by atoms with E-state index < -0.39 is 0 Å². The van der Waals surface area contributed by atoms with Crippen LogP contribution in [0.3, 0.4) is 0 Å². The molecular weight excluding hydrogens is 252 g/mol. The standard InChI is InChI=1S/C16H14N2O2/c1-18(14-7-3-2-4-8-14)16(19)12-20-15-9-5-6-13(10-15)11-17/h2-10H,12H2,1H3. The number of hydrogen-bond acceptors (Lipinski definition) is 3. The van der Waals surface area contributed by atoms with Crippen LogP contribution < -0.4 is 9.64 Å². The maximum atomic E-state index is 12.0. The lowest BCUT2D eigenvalue weighted by molar-refractivity contribution is -0.120. The normalized spacial score (nSPS) is 9.60. The molecule has 0 spiro atoms. The number of hydrogen-bond donors (Lipinski definition) is 0. The van der Waals surface area contributed by atoms with Gasteiger partial charge >= 0.3 is 0 Å². The molecule has 0 bridgehead atoms. The molecule has 1 amide bonds. The van der Waals surface area contributed by atoms with Crippen LogP contribution in [0, 0.1) is 11.3 Å². The Labute approximate surface area is 117 Å². The van der Waals surface area contributed by atoms with E-state index in [0.29, 0.717) is 11.3 Å². The van der Waals surface area contributed by atoms with Crippen molar-refractivity contribution in [1.29, 1.82) is 5.26 Å². The monoisotopic (exact) mass is 266 g/mol. The van der Waals surface area contributed by atoms with Crippen LogP contribution in [-0.4, -0.2) is 19.6 Å². The topological polar surface area (TPSA) is 53.3 Å². The van der Waals surface area contributed by atoms with Crippen LogP contribution in [0.5, 0.6) is 5.75 Å². The Bertz CT molecular complexity index is 632. The first-order valence-corrected chi connectivity index (χ1v) is 6.15. The predicted octanol–water partition coefficient (Wildman–Crippen LogP) is 2.60.